The van der Waals surface area contributed by atoms with Gasteiger partial charge in [0.1, 0.15) is 0 Å². The molecule has 1 saturated heterocycles. The minimum atomic E-state index is 0.204. The van der Waals surface area contributed by atoms with Crippen molar-refractivity contribution >= 4 is 17.2 Å². The van der Waals surface area contributed by atoms with Crippen molar-refractivity contribution in [3.05, 3.63) is 45.9 Å². The number of rotatable bonds is 2. The Balaban J connectivity index is 1.94. The molecule has 0 aromatic carbocycles. The number of hydrogen-bond donors (Lipinski definition) is 0. The van der Waals surface area contributed by atoms with E-state index in [9.17, 15) is 4.79 Å². The van der Waals surface area contributed by atoms with E-state index in [0.717, 1.165) is 29.8 Å². The van der Waals surface area contributed by atoms with Crippen LogP contribution in [0.5, 0.6) is 0 Å². The van der Waals surface area contributed by atoms with Crippen molar-refractivity contribution in [2.75, 3.05) is 6.54 Å². The molecule has 3 rings (SSSR count). The number of amides is 1. The van der Waals surface area contributed by atoms with E-state index in [-0.39, 0.29) is 11.9 Å². The van der Waals surface area contributed by atoms with Crippen molar-refractivity contribution < 1.29 is 4.79 Å². The smallest absolute Gasteiger partial charge is 0.264 e. The van der Waals surface area contributed by atoms with Crippen LogP contribution in [0.4, 0.5) is 0 Å². The Labute approximate surface area is 130 Å². The van der Waals surface area contributed by atoms with E-state index in [1.54, 1.807) is 11.3 Å². The standard InChI is InChI=1S/C17H22N2OS/c1-13-9-12-21-16(13)17(20)19-11-5-3-4-7-15(19)14-8-6-10-18(14)2/h6,8-10,12,15H,3-5,7,11H2,1-2H3/t15-/m0/s1. The van der Waals surface area contributed by atoms with Crippen LogP contribution >= 0.6 is 11.3 Å². The van der Waals surface area contributed by atoms with Crippen molar-refractivity contribution in [1.82, 2.24) is 9.47 Å². The number of carbonyl (C=O) groups excluding carboxylic acids is 1. The lowest BCUT2D eigenvalue weighted by atomic mass is 10.1. The predicted molar refractivity (Wildman–Crippen MR) is 86.7 cm³/mol. The average Bonchev–Trinajstić information content (AvgIpc) is 3.00. The Bertz CT molecular complexity index is 628. The molecule has 0 unspecified atom stereocenters. The molecule has 1 atom stereocenters. The van der Waals surface area contributed by atoms with Crippen LogP contribution in [0.3, 0.4) is 0 Å². The highest BCUT2D eigenvalue weighted by atomic mass is 32.1. The molecule has 1 aliphatic heterocycles. The molecule has 2 aromatic rings. The van der Waals surface area contributed by atoms with Crippen LogP contribution in [-0.2, 0) is 7.05 Å². The van der Waals surface area contributed by atoms with E-state index in [1.807, 2.05) is 18.4 Å². The Hall–Kier alpha value is -1.55. The van der Waals surface area contributed by atoms with Gasteiger partial charge in [0.15, 0.2) is 0 Å². The van der Waals surface area contributed by atoms with Crippen molar-refractivity contribution in [2.24, 2.45) is 7.05 Å². The first kappa shape index (κ1) is 14.4. The van der Waals surface area contributed by atoms with Gasteiger partial charge in [-0.1, -0.05) is 12.8 Å². The van der Waals surface area contributed by atoms with Gasteiger partial charge in [0.2, 0.25) is 0 Å². The molecular weight excluding hydrogens is 280 g/mol. The highest BCUT2D eigenvalue weighted by Gasteiger charge is 2.29. The zero-order chi connectivity index (χ0) is 14.8. The average molecular weight is 302 g/mol. The van der Waals surface area contributed by atoms with E-state index in [4.69, 9.17) is 0 Å². The molecule has 2 aromatic heterocycles. The monoisotopic (exact) mass is 302 g/mol. The van der Waals surface area contributed by atoms with Gasteiger partial charge in [0.25, 0.3) is 5.91 Å². The van der Waals surface area contributed by atoms with Gasteiger partial charge in [0.05, 0.1) is 10.9 Å². The molecule has 4 heteroatoms. The van der Waals surface area contributed by atoms with E-state index in [1.165, 1.54) is 18.5 Å². The van der Waals surface area contributed by atoms with Gasteiger partial charge >= 0.3 is 0 Å². The van der Waals surface area contributed by atoms with Gasteiger partial charge in [-0.15, -0.1) is 11.3 Å². The molecule has 0 radical (unpaired) electrons. The fourth-order valence-corrected chi connectivity index (χ4v) is 4.08. The number of likely N-dealkylation sites (tertiary alicyclic amines) is 1. The molecule has 3 nitrogen and oxygen atoms in total. The number of carbonyl (C=O) groups is 1. The van der Waals surface area contributed by atoms with E-state index in [2.05, 4.69) is 34.8 Å². The zero-order valence-electron chi connectivity index (χ0n) is 12.7. The van der Waals surface area contributed by atoms with Crippen LogP contribution in [0.25, 0.3) is 0 Å². The highest BCUT2D eigenvalue weighted by Crippen LogP contribution is 2.32. The Morgan fingerprint density at radius 2 is 2.14 bits per heavy atom. The van der Waals surface area contributed by atoms with Gasteiger partial charge in [-0.3, -0.25) is 4.79 Å². The minimum Gasteiger partial charge on any atom is -0.353 e. The summed E-state index contributed by atoms with van der Waals surface area (Å²) in [4.78, 5) is 16.0. The summed E-state index contributed by atoms with van der Waals surface area (Å²) in [5.74, 6) is 0.204. The van der Waals surface area contributed by atoms with Crippen LogP contribution in [0, 0.1) is 6.92 Å². The third-order valence-corrected chi connectivity index (χ3v) is 5.40. The summed E-state index contributed by atoms with van der Waals surface area (Å²) in [5.41, 5.74) is 2.35. The van der Waals surface area contributed by atoms with Crippen LogP contribution in [-0.4, -0.2) is 21.9 Å². The lowest BCUT2D eigenvalue weighted by Crippen LogP contribution is -2.35. The van der Waals surface area contributed by atoms with Crippen LogP contribution in [0.1, 0.15) is 52.7 Å². The van der Waals surface area contributed by atoms with Gasteiger partial charge < -0.3 is 9.47 Å². The number of thiophene rings is 1. The van der Waals surface area contributed by atoms with Crippen molar-refractivity contribution in [3.8, 4) is 0 Å². The fraction of sp³-hybridized carbons (Fsp3) is 0.471. The molecule has 21 heavy (non-hydrogen) atoms. The number of aryl methyl sites for hydroxylation is 2. The maximum atomic E-state index is 13.0. The minimum absolute atomic E-state index is 0.204. The van der Waals surface area contributed by atoms with Crippen LogP contribution < -0.4 is 0 Å². The number of aromatic nitrogens is 1. The number of hydrogen-bond acceptors (Lipinski definition) is 2. The van der Waals surface area contributed by atoms with E-state index < -0.39 is 0 Å². The van der Waals surface area contributed by atoms with Gasteiger partial charge in [0, 0.05) is 25.5 Å². The second-order valence-electron chi connectivity index (χ2n) is 5.84. The molecule has 112 valence electrons. The third kappa shape index (κ3) is 2.77. The highest BCUT2D eigenvalue weighted by molar-refractivity contribution is 7.12. The SMILES string of the molecule is Cc1ccsc1C(=O)N1CCCCC[C@H]1c1cccn1C. The van der Waals surface area contributed by atoms with E-state index >= 15 is 0 Å². The first-order chi connectivity index (χ1) is 10.2. The lowest BCUT2D eigenvalue weighted by Gasteiger charge is -2.30. The lowest BCUT2D eigenvalue weighted by molar-refractivity contribution is 0.0679. The maximum absolute atomic E-state index is 13.0. The summed E-state index contributed by atoms with van der Waals surface area (Å²) >= 11 is 1.56. The van der Waals surface area contributed by atoms with Gasteiger partial charge in [-0.25, -0.2) is 0 Å². The summed E-state index contributed by atoms with van der Waals surface area (Å²) in [6.07, 6.45) is 6.65. The van der Waals surface area contributed by atoms with Crippen molar-refractivity contribution in [2.45, 2.75) is 38.6 Å². The molecule has 0 saturated carbocycles. The molecule has 3 heterocycles. The fourth-order valence-electron chi connectivity index (χ4n) is 3.20. The summed E-state index contributed by atoms with van der Waals surface area (Å²) in [6.45, 7) is 2.89. The molecular formula is C17H22N2OS. The number of nitrogens with zero attached hydrogens (tertiary/aromatic N) is 2. The summed E-state index contributed by atoms with van der Waals surface area (Å²) in [7, 11) is 2.07. The predicted octanol–water partition coefficient (Wildman–Crippen LogP) is 4.15. The second kappa shape index (κ2) is 6.06. The zero-order valence-corrected chi connectivity index (χ0v) is 13.5. The molecule has 1 aliphatic rings. The van der Waals surface area contributed by atoms with E-state index in [0.29, 0.717) is 0 Å². The molecule has 0 N–H and O–H groups in total. The molecule has 1 amide bonds. The third-order valence-electron chi connectivity index (χ3n) is 4.40. The van der Waals surface area contributed by atoms with Crippen molar-refractivity contribution in [3.63, 3.8) is 0 Å². The molecule has 1 fully saturated rings. The largest absolute Gasteiger partial charge is 0.353 e. The normalized spacial score (nSPS) is 19.5. The van der Waals surface area contributed by atoms with Gasteiger partial charge in [-0.2, -0.15) is 0 Å². The first-order valence-corrected chi connectivity index (χ1v) is 8.52. The van der Waals surface area contributed by atoms with Crippen LogP contribution in [0.15, 0.2) is 29.8 Å². The molecule has 0 bridgehead atoms. The second-order valence-corrected chi connectivity index (χ2v) is 6.76. The first-order valence-electron chi connectivity index (χ1n) is 7.65. The Morgan fingerprint density at radius 3 is 2.81 bits per heavy atom. The Kier molecular flexibility index (Phi) is 4.15. The van der Waals surface area contributed by atoms with Crippen LogP contribution in [0.2, 0.25) is 0 Å². The maximum Gasteiger partial charge on any atom is 0.264 e. The molecule has 0 spiro atoms. The van der Waals surface area contributed by atoms with Gasteiger partial charge in [-0.05, 0) is 48.9 Å². The van der Waals surface area contributed by atoms with Crippen molar-refractivity contribution in [1.29, 1.82) is 0 Å². The summed E-state index contributed by atoms with van der Waals surface area (Å²) in [5, 5.41) is 2.01. The summed E-state index contributed by atoms with van der Waals surface area (Å²) in [6, 6.07) is 6.46. The topological polar surface area (TPSA) is 25.2 Å². The quantitative estimate of drug-likeness (QED) is 0.818. The summed E-state index contributed by atoms with van der Waals surface area (Å²) < 4.78 is 2.15. The molecule has 0 aliphatic carbocycles. The Morgan fingerprint density at radius 1 is 1.29 bits per heavy atom.